The van der Waals surface area contributed by atoms with Crippen LogP contribution in [0.5, 0.6) is 0 Å². The number of aliphatic hydroxyl groups is 1. The van der Waals surface area contributed by atoms with Gasteiger partial charge in [0.15, 0.2) is 5.76 Å². The molecule has 0 radical (unpaired) electrons. The van der Waals surface area contributed by atoms with Crippen LogP contribution in [0.3, 0.4) is 0 Å². The molecule has 2 aromatic heterocycles. The highest BCUT2D eigenvalue weighted by molar-refractivity contribution is 9.10. The number of hydrogen-bond acceptors (Lipinski definition) is 5. The Balaban J connectivity index is 1.99. The molecule has 21 heavy (non-hydrogen) atoms. The standard InChI is InChI=1S/C14H14BrN3O3/c1-8-5-9(16-12(15)6-8)10-7-11(21-17-10)14(20)3-4-18(2)13(14)19/h5-7,20H,3-4H2,1-2H3/t14-/m1/s1. The van der Waals surface area contributed by atoms with Gasteiger partial charge in [-0.2, -0.15) is 0 Å². The van der Waals surface area contributed by atoms with Crippen LogP contribution in [0.15, 0.2) is 27.3 Å². The van der Waals surface area contributed by atoms with Crippen molar-refractivity contribution in [1.29, 1.82) is 0 Å². The highest BCUT2D eigenvalue weighted by atomic mass is 79.9. The number of halogens is 1. The zero-order valence-electron chi connectivity index (χ0n) is 11.6. The summed E-state index contributed by atoms with van der Waals surface area (Å²) in [5.74, 6) is -0.213. The molecule has 0 bridgehead atoms. The Morgan fingerprint density at radius 3 is 2.76 bits per heavy atom. The Morgan fingerprint density at radius 2 is 2.14 bits per heavy atom. The summed E-state index contributed by atoms with van der Waals surface area (Å²) in [5, 5.41) is 14.4. The third-order valence-corrected chi connectivity index (χ3v) is 4.03. The summed E-state index contributed by atoms with van der Waals surface area (Å²) in [6, 6.07) is 5.32. The number of pyridine rings is 1. The highest BCUT2D eigenvalue weighted by Gasteiger charge is 2.48. The molecule has 6 nitrogen and oxygen atoms in total. The predicted molar refractivity (Wildman–Crippen MR) is 78.3 cm³/mol. The van der Waals surface area contributed by atoms with E-state index < -0.39 is 5.60 Å². The number of likely N-dealkylation sites (N-methyl/N-ethyl adjacent to an activating group) is 1. The van der Waals surface area contributed by atoms with E-state index in [-0.39, 0.29) is 11.7 Å². The van der Waals surface area contributed by atoms with E-state index in [4.69, 9.17) is 4.52 Å². The van der Waals surface area contributed by atoms with Crippen LogP contribution in [0.4, 0.5) is 0 Å². The van der Waals surface area contributed by atoms with Crippen LogP contribution in [-0.2, 0) is 10.4 Å². The van der Waals surface area contributed by atoms with Gasteiger partial charge in [0.05, 0.1) is 5.69 Å². The van der Waals surface area contributed by atoms with Crippen LogP contribution in [0.2, 0.25) is 0 Å². The zero-order chi connectivity index (χ0) is 15.2. The smallest absolute Gasteiger partial charge is 0.262 e. The van der Waals surface area contributed by atoms with Gasteiger partial charge in [0, 0.05) is 26.1 Å². The van der Waals surface area contributed by atoms with Gasteiger partial charge < -0.3 is 14.5 Å². The van der Waals surface area contributed by atoms with Crippen molar-refractivity contribution in [2.75, 3.05) is 13.6 Å². The van der Waals surface area contributed by atoms with E-state index in [9.17, 15) is 9.90 Å². The van der Waals surface area contributed by atoms with Crippen molar-refractivity contribution in [3.05, 3.63) is 34.1 Å². The van der Waals surface area contributed by atoms with Crippen molar-refractivity contribution in [3.8, 4) is 11.4 Å². The Kier molecular flexibility index (Phi) is 3.33. The van der Waals surface area contributed by atoms with Gasteiger partial charge in [-0.3, -0.25) is 4.79 Å². The SMILES string of the molecule is Cc1cc(Br)nc(-c2cc([C@]3(O)CCN(C)C3=O)on2)c1. The van der Waals surface area contributed by atoms with Gasteiger partial charge in [0.1, 0.15) is 10.3 Å². The first kappa shape index (κ1) is 14.2. The molecule has 1 saturated heterocycles. The number of likely N-dealkylation sites (tertiary alicyclic amines) is 1. The van der Waals surface area contributed by atoms with Gasteiger partial charge in [0.25, 0.3) is 5.91 Å². The quantitative estimate of drug-likeness (QED) is 0.835. The summed E-state index contributed by atoms with van der Waals surface area (Å²) in [4.78, 5) is 17.8. The van der Waals surface area contributed by atoms with E-state index in [0.29, 0.717) is 29.0 Å². The van der Waals surface area contributed by atoms with Crippen LogP contribution in [0, 0.1) is 6.92 Å². The molecule has 3 rings (SSSR count). The van der Waals surface area contributed by atoms with Gasteiger partial charge in [-0.25, -0.2) is 4.98 Å². The fraction of sp³-hybridized carbons (Fsp3) is 0.357. The summed E-state index contributed by atoms with van der Waals surface area (Å²) >= 11 is 3.33. The van der Waals surface area contributed by atoms with Crippen molar-refractivity contribution in [2.45, 2.75) is 18.9 Å². The molecule has 2 aromatic rings. The lowest BCUT2D eigenvalue weighted by molar-refractivity contribution is -0.144. The first-order valence-electron chi connectivity index (χ1n) is 6.50. The van der Waals surface area contributed by atoms with E-state index in [2.05, 4.69) is 26.1 Å². The fourth-order valence-corrected chi connectivity index (χ4v) is 2.98. The topological polar surface area (TPSA) is 79.5 Å². The second-order valence-corrected chi connectivity index (χ2v) is 6.08. The number of rotatable bonds is 2. The normalized spacial score (nSPS) is 22.1. The lowest BCUT2D eigenvalue weighted by Gasteiger charge is -2.16. The maximum absolute atomic E-state index is 12.0. The summed E-state index contributed by atoms with van der Waals surface area (Å²) in [6.45, 7) is 2.43. The maximum Gasteiger partial charge on any atom is 0.262 e. The average molecular weight is 352 g/mol. The van der Waals surface area contributed by atoms with E-state index in [1.807, 2.05) is 19.1 Å². The molecule has 1 atom stereocenters. The van der Waals surface area contributed by atoms with E-state index >= 15 is 0 Å². The van der Waals surface area contributed by atoms with Gasteiger partial charge in [-0.1, -0.05) is 5.16 Å². The molecule has 7 heteroatoms. The summed E-state index contributed by atoms with van der Waals surface area (Å²) in [7, 11) is 1.65. The Bertz CT molecular complexity index is 695. The van der Waals surface area contributed by atoms with Crippen LogP contribution in [0.1, 0.15) is 17.7 Å². The molecule has 110 valence electrons. The molecule has 0 aromatic carbocycles. The minimum absolute atomic E-state index is 0.159. The third kappa shape index (κ3) is 2.36. The Hall–Kier alpha value is -1.73. The molecule has 0 saturated carbocycles. The number of carbonyl (C=O) groups is 1. The zero-order valence-corrected chi connectivity index (χ0v) is 13.2. The van der Waals surface area contributed by atoms with Crippen molar-refractivity contribution in [2.24, 2.45) is 0 Å². The first-order chi connectivity index (χ1) is 9.90. The average Bonchev–Trinajstić information content (AvgIpc) is 3.00. The van der Waals surface area contributed by atoms with Crippen LogP contribution in [0.25, 0.3) is 11.4 Å². The second kappa shape index (κ2) is 4.92. The van der Waals surface area contributed by atoms with Crippen LogP contribution in [-0.4, -0.2) is 39.6 Å². The molecular formula is C14H14BrN3O3. The number of nitrogens with zero attached hydrogens (tertiary/aromatic N) is 3. The maximum atomic E-state index is 12.0. The van der Waals surface area contributed by atoms with Crippen LogP contribution < -0.4 is 0 Å². The number of aromatic nitrogens is 2. The van der Waals surface area contributed by atoms with Gasteiger partial charge in [-0.15, -0.1) is 0 Å². The molecule has 1 aliphatic rings. The largest absolute Gasteiger partial charge is 0.373 e. The van der Waals surface area contributed by atoms with E-state index in [1.165, 1.54) is 4.90 Å². The molecule has 1 fully saturated rings. The van der Waals surface area contributed by atoms with Gasteiger partial charge >= 0.3 is 0 Å². The number of hydrogen-bond donors (Lipinski definition) is 1. The van der Waals surface area contributed by atoms with Crippen molar-refractivity contribution >= 4 is 21.8 Å². The van der Waals surface area contributed by atoms with E-state index in [1.54, 1.807) is 13.1 Å². The number of amides is 1. The Morgan fingerprint density at radius 1 is 1.38 bits per heavy atom. The summed E-state index contributed by atoms with van der Waals surface area (Å²) < 4.78 is 5.89. The van der Waals surface area contributed by atoms with Crippen molar-refractivity contribution in [3.63, 3.8) is 0 Å². The van der Waals surface area contributed by atoms with Crippen molar-refractivity contribution < 1.29 is 14.4 Å². The van der Waals surface area contributed by atoms with Gasteiger partial charge in [0.2, 0.25) is 5.60 Å². The van der Waals surface area contributed by atoms with Gasteiger partial charge in [-0.05, 0) is 40.5 Å². The fourth-order valence-electron chi connectivity index (χ4n) is 2.43. The molecule has 3 heterocycles. The van der Waals surface area contributed by atoms with E-state index in [0.717, 1.165) is 5.56 Å². The molecule has 0 aliphatic carbocycles. The molecular weight excluding hydrogens is 338 g/mol. The summed E-state index contributed by atoms with van der Waals surface area (Å²) in [5.41, 5.74) is 0.511. The van der Waals surface area contributed by atoms with Crippen molar-refractivity contribution in [1.82, 2.24) is 15.0 Å². The van der Waals surface area contributed by atoms with Crippen LogP contribution >= 0.6 is 15.9 Å². The first-order valence-corrected chi connectivity index (χ1v) is 7.29. The second-order valence-electron chi connectivity index (χ2n) is 5.27. The summed E-state index contributed by atoms with van der Waals surface area (Å²) in [6.07, 6.45) is 0.294. The molecule has 0 spiro atoms. The monoisotopic (exact) mass is 351 g/mol. The molecule has 1 N–H and O–H groups in total. The third-order valence-electron chi connectivity index (χ3n) is 3.63. The molecule has 0 unspecified atom stereocenters. The predicted octanol–water partition coefficient (Wildman–Crippen LogP) is 1.86. The Labute approximate surface area is 129 Å². The molecule has 1 amide bonds. The minimum Gasteiger partial charge on any atom is -0.373 e. The lowest BCUT2D eigenvalue weighted by atomic mass is 9.98. The lowest BCUT2D eigenvalue weighted by Crippen LogP contribution is -2.35. The minimum atomic E-state index is -1.62. The highest BCUT2D eigenvalue weighted by Crippen LogP contribution is 2.34. The number of aryl methyl sites for hydroxylation is 1. The molecule has 1 aliphatic heterocycles. The number of carbonyl (C=O) groups excluding carboxylic acids is 1.